The van der Waals surface area contributed by atoms with Gasteiger partial charge in [0.1, 0.15) is 5.58 Å². The molecule has 9 aromatic rings. The summed E-state index contributed by atoms with van der Waals surface area (Å²) in [5, 5.41) is 4.60. The Balaban J connectivity index is 1.18. The predicted octanol–water partition coefficient (Wildman–Crippen LogP) is 14.8. The molecule has 1 aliphatic rings. The second-order valence-electron chi connectivity index (χ2n) is 14.0. The molecule has 1 unspecified atom stereocenters. The number of hydrogen-bond acceptors (Lipinski definition) is 2. The van der Waals surface area contributed by atoms with Gasteiger partial charge in [-0.1, -0.05) is 170 Å². The summed E-state index contributed by atoms with van der Waals surface area (Å²) in [7, 11) is 0. The van der Waals surface area contributed by atoms with E-state index in [-0.39, 0.29) is 0 Å². The van der Waals surface area contributed by atoms with Gasteiger partial charge in [-0.3, -0.25) is 0 Å². The third-order valence-corrected chi connectivity index (χ3v) is 10.8. The number of allylic oxidation sites excluding steroid dienone is 4. The minimum absolute atomic E-state index is 0.380. The molecule has 1 aromatic heterocycles. The lowest BCUT2D eigenvalue weighted by Crippen LogP contribution is -2.10. The van der Waals surface area contributed by atoms with Crippen LogP contribution < -0.4 is 4.90 Å². The maximum atomic E-state index is 7.02. The Kier molecular flexibility index (Phi) is 8.00. The number of hydrogen-bond donors (Lipinski definition) is 0. The Morgan fingerprint density at radius 1 is 0.481 bits per heavy atom. The molecule has 256 valence electrons. The lowest BCUT2D eigenvalue weighted by molar-refractivity contribution is 0.669. The number of rotatable bonds is 7. The van der Waals surface area contributed by atoms with E-state index in [1.807, 2.05) is 0 Å². The van der Waals surface area contributed by atoms with Crippen LogP contribution in [0.1, 0.15) is 17.9 Å². The first kappa shape index (κ1) is 31.8. The van der Waals surface area contributed by atoms with E-state index in [1.54, 1.807) is 0 Å². The molecule has 0 radical (unpaired) electrons. The fourth-order valence-corrected chi connectivity index (χ4v) is 8.09. The van der Waals surface area contributed by atoms with E-state index < -0.39 is 0 Å². The average molecular weight is 692 g/mol. The molecule has 0 N–H and O–H groups in total. The molecule has 0 saturated heterocycles. The molecule has 1 heterocycles. The zero-order valence-electron chi connectivity index (χ0n) is 29.8. The third-order valence-electron chi connectivity index (χ3n) is 10.8. The van der Waals surface area contributed by atoms with Crippen LogP contribution in [0.4, 0.5) is 17.1 Å². The van der Waals surface area contributed by atoms with E-state index in [0.29, 0.717) is 5.92 Å². The van der Waals surface area contributed by atoms with Gasteiger partial charge in [-0.2, -0.15) is 0 Å². The van der Waals surface area contributed by atoms with Crippen molar-refractivity contribution in [3.63, 3.8) is 0 Å². The molecule has 0 amide bonds. The highest BCUT2D eigenvalue weighted by Crippen LogP contribution is 2.48. The molecular formula is C52H37NO. The van der Waals surface area contributed by atoms with Gasteiger partial charge in [0, 0.05) is 28.1 Å². The van der Waals surface area contributed by atoms with Crippen molar-refractivity contribution >= 4 is 49.8 Å². The molecule has 1 atom stereocenters. The minimum atomic E-state index is 0.380. The second-order valence-corrected chi connectivity index (χ2v) is 14.0. The van der Waals surface area contributed by atoms with E-state index in [1.165, 1.54) is 38.6 Å². The smallest absolute Gasteiger partial charge is 0.160 e. The largest absolute Gasteiger partial charge is 0.454 e. The van der Waals surface area contributed by atoms with Crippen LogP contribution >= 0.6 is 0 Å². The average Bonchev–Trinajstić information content (AvgIpc) is 3.66. The standard InChI is InChI=1S/C52H37NO/c1-4-13-36(14-5-1)39-23-25-42(26-24-39)46-21-12-22-49-50(46)51-47-20-11-10-19-43(47)35-48(52(51)54-49)53(44-31-27-40(28-32-44)37-15-6-2-7-16-37)45-33-29-41(30-34-45)38-17-8-3-9-18-38/h1-17,19-35,38H,18H2. The van der Waals surface area contributed by atoms with E-state index in [4.69, 9.17) is 4.42 Å². The van der Waals surface area contributed by atoms with Gasteiger partial charge in [-0.15, -0.1) is 0 Å². The highest BCUT2D eigenvalue weighted by molar-refractivity contribution is 6.26. The fourth-order valence-electron chi connectivity index (χ4n) is 8.09. The number of furan rings is 1. The molecule has 2 heteroatoms. The first-order valence-corrected chi connectivity index (χ1v) is 18.7. The van der Waals surface area contributed by atoms with Crippen LogP contribution in [0.25, 0.3) is 66.1 Å². The van der Waals surface area contributed by atoms with Crippen molar-refractivity contribution in [3.05, 3.63) is 212 Å². The lowest BCUT2D eigenvalue weighted by atomic mass is 9.92. The first-order valence-electron chi connectivity index (χ1n) is 18.7. The molecule has 54 heavy (non-hydrogen) atoms. The molecule has 0 saturated carbocycles. The van der Waals surface area contributed by atoms with Gasteiger partial charge in [0.05, 0.1) is 5.69 Å². The van der Waals surface area contributed by atoms with Crippen molar-refractivity contribution in [1.29, 1.82) is 0 Å². The molecule has 10 rings (SSSR count). The predicted molar refractivity (Wildman–Crippen MR) is 228 cm³/mol. The quantitative estimate of drug-likeness (QED) is 0.165. The Morgan fingerprint density at radius 3 is 1.74 bits per heavy atom. The van der Waals surface area contributed by atoms with Crippen LogP contribution in [0.15, 0.2) is 211 Å². The van der Waals surface area contributed by atoms with Gasteiger partial charge in [0.15, 0.2) is 5.58 Å². The van der Waals surface area contributed by atoms with Gasteiger partial charge < -0.3 is 9.32 Å². The molecule has 2 nitrogen and oxygen atoms in total. The molecule has 0 bridgehead atoms. The van der Waals surface area contributed by atoms with Crippen molar-refractivity contribution in [2.24, 2.45) is 0 Å². The minimum Gasteiger partial charge on any atom is -0.454 e. The van der Waals surface area contributed by atoms with Crippen molar-refractivity contribution in [2.45, 2.75) is 12.3 Å². The number of anilines is 3. The van der Waals surface area contributed by atoms with Crippen LogP contribution in [0, 0.1) is 0 Å². The van der Waals surface area contributed by atoms with Gasteiger partial charge in [0.2, 0.25) is 0 Å². The zero-order chi connectivity index (χ0) is 35.8. The summed E-state index contributed by atoms with van der Waals surface area (Å²) in [4.78, 5) is 2.36. The third kappa shape index (κ3) is 5.70. The topological polar surface area (TPSA) is 16.4 Å². The van der Waals surface area contributed by atoms with Crippen LogP contribution in [-0.2, 0) is 0 Å². The number of nitrogens with zero attached hydrogens (tertiary/aromatic N) is 1. The van der Waals surface area contributed by atoms with Crippen molar-refractivity contribution in [2.75, 3.05) is 4.90 Å². The van der Waals surface area contributed by atoms with Gasteiger partial charge in [-0.25, -0.2) is 0 Å². The molecule has 0 spiro atoms. The molecule has 1 aliphatic carbocycles. The number of benzene rings is 8. The Hall–Kier alpha value is -6.90. The second kappa shape index (κ2) is 13.6. The van der Waals surface area contributed by atoms with Crippen LogP contribution in [-0.4, -0.2) is 0 Å². The van der Waals surface area contributed by atoms with Gasteiger partial charge in [0.25, 0.3) is 0 Å². The van der Waals surface area contributed by atoms with Crippen LogP contribution in [0.2, 0.25) is 0 Å². The highest BCUT2D eigenvalue weighted by Gasteiger charge is 2.24. The molecule has 8 aromatic carbocycles. The summed E-state index contributed by atoms with van der Waals surface area (Å²) in [6.45, 7) is 0. The van der Waals surface area contributed by atoms with Crippen LogP contribution in [0.3, 0.4) is 0 Å². The summed E-state index contributed by atoms with van der Waals surface area (Å²) in [5.41, 5.74) is 13.3. The van der Waals surface area contributed by atoms with Gasteiger partial charge in [-0.05, 0) is 92.5 Å². The highest BCUT2D eigenvalue weighted by atomic mass is 16.3. The Labute approximate surface area is 315 Å². The van der Waals surface area contributed by atoms with E-state index >= 15 is 0 Å². The first-order chi connectivity index (χ1) is 26.8. The molecular weight excluding hydrogens is 655 g/mol. The van der Waals surface area contributed by atoms with Crippen molar-refractivity contribution < 1.29 is 4.42 Å². The Bertz CT molecular complexity index is 2810. The van der Waals surface area contributed by atoms with Crippen molar-refractivity contribution in [3.8, 4) is 33.4 Å². The Morgan fingerprint density at radius 2 is 1.07 bits per heavy atom. The van der Waals surface area contributed by atoms with Crippen molar-refractivity contribution in [1.82, 2.24) is 0 Å². The normalized spacial score (nSPS) is 13.9. The summed E-state index contributed by atoms with van der Waals surface area (Å²) >= 11 is 0. The zero-order valence-corrected chi connectivity index (χ0v) is 29.8. The molecule has 0 fully saturated rings. The number of fused-ring (bicyclic) bond motifs is 5. The SMILES string of the molecule is C1=CCC(c2ccc(N(c3ccc(-c4ccccc4)cc3)c3cc4ccccc4c4c3oc3cccc(-c5ccc(-c6ccccc6)cc5)c34)cc2)C=C1. The van der Waals surface area contributed by atoms with Crippen LogP contribution in [0.5, 0.6) is 0 Å². The lowest BCUT2D eigenvalue weighted by Gasteiger charge is -2.27. The summed E-state index contributed by atoms with van der Waals surface area (Å²) in [6.07, 6.45) is 9.85. The maximum absolute atomic E-state index is 7.02. The van der Waals surface area contributed by atoms with Gasteiger partial charge >= 0.3 is 0 Å². The van der Waals surface area contributed by atoms with E-state index in [0.717, 1.165) is 56.5 Å². The summed E-state index contributed by atoms with van der Waals surface area (Å²) < 4.78 is 7.02. The fraction of sp³-hybridized carbons (Fsp3) is 0.0385. The van der Waals surface area contributed by atoms with E-state index in [2.05, 4.69) is 211 Å². The maximum Gasteiger partial charge on any atom is 0.160 e. The summed E-state index contributed by atoms with van der Waals surface area (Å²) in [5.74, 6) is 0.380. The molecule has 0 aliphatic heterocycles. The van der Waals surface area contributed by atoms with E-state index in [9.17, 15) is 0 Å². The monoisotopic (exact) mass is 691 g/mol. The summed E-state index contributed by atoms with van der Waals surface area (Å²) in [6, 6.07) is 65.5.